The Morgan fingerprint density at radius 3 is 2.94 bits per heavy atom. The molecule has 1 aliphatic rings. The van der Waals surface area contributed by atoms with Crippen molar-refractivity contribution in [1.29, 1.82) is 0 Å². The minimum absolute atomic E-state index is 0.00361. The molecular weight excluding hydrogens is 254 g/mol. The van der Waals surface area contributed by atoms with Crippen LogP contribution in [0, 0.1) is 5.92 Å². The highest BCUT2D eigenvalue weighted by Crippen LogP contribution is 2.28. The summed E-state index contributed by atoms with van der Waals surface area (Å²) in [6.45, 7) is 1.33. The summed E-state index contributed by atoms with van der Waals surface area (Å²) in [5, 5.41) is 0. The number of aromatic nitrogens is 1. The van der Waals surface area contributed by atoms with Crippen LogP contribution in [0.4, 0.5) is 5.82 Å². The highest BCUT2D eigenvalue weighted by molar-refractivity contribution is 7.89. The topological polar surface area (TPSA) is 94.3 Å². The Morgan fingerprint density at radius 1 is 1.50 bits per heavy atom. The fraction of sp³-hybridized carbons (Fsp3) is 0.545. The van der Waals surface area contributed by atoms with Gasteiger partial charge in [0.1, 0.15) is 10.7 Å². The molecule has 2 rings (SSSR count). The van der Waals surface area contributed by atoms with Gasteiger partial charge in [0.05, 0.1) is 6.61 Å². The van der Waals surface area contributed by atoms with Crippen LogP contribution in [0.1, 0.15) is 12.8 Å². The first kappa shape index (κ1) is 13.3. The van der Waals surface area contributed by atoms with Crippen molar-refractivity contribution in [2.75, 3.05) is 25.5 Å². The minimum Gasteiger partial charge on any atom is -0.383 e. The van der Waals surface area contributed by atoms with Crippen LogP contribution in [0.5, 0.6) is 0 Å². The number of hydrogen-bond donors (Lipinski definition) is 2. The molecule has 0 unspecified atom stereocenters. The van der Waals surface area contributed by atoms with E-state index in [0.29, 0.717) is 12.5 Å². The number of sulfonamides is 1. The van der Waals surface area contributed by atoms with Crippen LogP contribution in [0.3, 0.4) is 0 Å². The van der Waals surface area contributed by atoms with E-state index >= 15 is 0 Å². The Kier molecular flexibility index (Phi) is 4.15. The average molecular weight is 271 g/mol. The van der Waals surface area contributed by atoms with Gasteiger partial charge in [-0.25, -0.2) is 18.1 Å². The highest BCUT2D eigenvalue weighted by atomic mass is 32.2. The van der Waals surface area contributed by atoms with E-state index in [0.717, 1.165) is 6.61 Å². The van der Waals surface area contributed by atoms with Gasteiger partial charge >= 0.3 is 0 Å². The molecule has 0 aromatic carbocycles. The van der Waals surface area contributed by atoms with Crippen LogP contribution in [-0.2, 0) is 14.8 Å². The summed E-state index contributed by atoms with van der Waals surface area (Å²) in [5.74, 6) is 0.680. The molecule has 1 aromatic heterocycles. The van der Waals surface area contributed by atoms with E-state index in [1.807, 2.05) is 0 Å². The molecule has 1 aliphatic carbocycles. The largest absolute Gasteiger partial charge is 0.383 e. The number of nitrogens with one attached hydrogen (secondary N) is 1. The summed E-state index contributed by atoms with van der Waals surface area (Å²) in [4.78, 5) is 3.76. The molecule has 1 saturated carbocycles. The van der Waals surface area contributed by atoms with E-state index in [-0.39, 0.29) is 17.3 Å². The fourth-order valence-corrected chi connectivity index (χ4v) is 2.58. The predicted octanol–water partition coefficient (Wildman–Crippen LogP) is 0.369. The van der Waals surface area contributed by atoms with Crippen molar-refractivity contribution in [2.24, 2.45) is 5.92 Å². The summed E-state index contributed by atoms with van der Waals surface area (Å²) in [6, 6.07) is 2.96. The first-order valence-electron chi connectivity index (χ1n) is 5.87. The second-order valence-corrected chi connectivity index (χ2v) is 6.04. The van der Waals surface area contributed by atoms with Crippen LogP contribution in [0.25, 0.3) is 0 Å². The fourth-order valence-electron chi connectivity index (χ4n) is 1.49. The molecule has 100 valence electrons. The highest BCUT2D eigenvalue weighted by Gasteiger charge is 2.21. The van der Waals surface area contributed by atoms with Crippen molar-refractivity contribution >= 4 is 15.8 Å². The summed E-state index contributed by atoms with van der Waals surface area (Å²) >= 11 is 0. The number of nitrogens with zero attached hydrogens (tertiary/aromatic N) is 1. The van der Waals surface area contributed by atoms with Gasteiger partial charge in [0.15, 0.2) is 0 Å². The summed E-state index contributed by atoms with van der Waals surface area (Å²) in [6.07, 6.45) is 3.89. The zero-order valence-corrected chi connectivity index (χ0v) is 10.8. The third-order valence-corrected chi connectivity index (χ3v) is 4.19. The molecular formula is C11H17N3O3S. The Labute approximate surface area is 107 Å². The van der Waals surface area contributed by atoms with E-state index in [4.69, 9.17) is 10.5 Å². The number of pyridine rings is 1. The summed E-state index contributed by atoms with van der Waals surface area (Å²) in [5.41, 5.74) is 5.52. The van der Waals surface area contributed by atoms with Gasteiger partial charge in [-0.15, -0.1) is 0 Å². The molecule has 0 radical (unpaired) electrons. The number of anilines is 1. The molecule has 0 bridgehead atoms. The van der Waals surface area contributed by atoms with Crippen molar-refractivity contribution in [1.82, 2.24) is 9.71 Å². The normalized spacial score (nSPS) is 15.8. The van der Waals surface area contributed by atoms with Crippen molar-refractivity contribution in [3.63, 3.8) is 0 Å². The van der Waals surface area contributed by atoms with Crippen molar-refractivity contribution in [3.05, 3.63) is 18.3 Å². The average Bonchev–Trinajstić information content (AvgIpc) is 3.13. The standard InChI is InChI=1S/C11H17N3O3S/c12-11-10(2-1-5-13-11)18(15,16)14-6-7-17-8-9-3-4-9/h1-2,5,9,14H,3-4,6-8H2,(H2,12,13). The van der Waals surface area contributed by atoms with Gasteiger partial charge in [0.25, 0.3) is 0 Å². The zero-order valence-electron chi connectivity index (χ0n) is 10.0. The molecule has 1 fully saturated rings. The van der Waals surface area contributed by atoms with Gasteiger partial charge in [0, 0.05) is 19.3 Å². The summed E-state index contributed by atoms with van der Waals surface area (Å²) in [7, 11) is -3.59. The number of ether oxygens (including phenoxy) is 1. The molecule has 0 aliphatic heterocycles. The van der Waals surface area contributed by atoms with Crippen molar-refractivity contribution < 1.29 is 13.2 Å². The minimum atomic E-state index is -3.59. The van der Waals surface area contributed by atoms with Crippen molar-refractivity contribution in [3.8, 4) is 0 Å². The van der Waals surface area contributed by atoms with E-state index in [1.54, 1.807) is 0 Å². The molecule has 3 N–H and O–H groups in total. The lowest BCUT2D eigenvalue weighted by Gasteiger charge is -2.08. The molecule has 18 heavy (non-hydrogen) atoms. The first-order valence-corrected chi connectivity index (χ1v) is 7.36. The molecule has 1 aromatic rings. The Morgan fingerprint density at radius 2 is 2.28 bits per heavy atom. The first-order chi connectivity index (χ1) is 8.59. The lowest BCUT2D eigenvalue weighted by Crippen LogP contribution is -2.28. The SMILES string of the molecule is Nc1ncccc1S(=O)(=O)NCCOCC1CC1. The summed E-state index contributed by atoms with van der Waals surface area (Å²) < 4.78 is 31.5. The molecule has 6 nitrogen and oxygen atoms in total. The maximum absolute atomic E-state index is 11.9. The quantitative estimate of drug-likeness (QED) is 0.699. The van der Waals surface area contributed by atoms with Crippen LogP contribution < -0.4 is 10.5 Å². The van der Waals surface area contributed by atoms with Gasteiger partial charge in [-0.1, -0.05) is 0 Å². The smallest absolute Gasteiger partial charge is 0.244 e. The van der Waals surface area contributed by atoms with Gasteiger partial charge in [-0.2, -0.15) is 0 Å². The van der Waals surface area contributed by atoms with Crippen LogP contribution >= 0.6 is 0 Å². The molecule has 0 atom stereocenters. The van der Waals surface area contributed by atoms with Crippen LogP contribution in [0.2, 0.25) is 0 Å². The maximum Gasteiger partial charge on any atom is 0.244 e. The predicted molar refractivity (Wildman–Crippen MR) is 67.4 cm³/mol. The van der Waals surface area contributed by atoms with Gasteiger partial charge < -0.3 is 10.5 Å². The molecule has 0 amide bonds. The van der Waals surface area contributed by atoms with Gasteiger partial charge in [-0.3, -0.25) is 0 Å². The van der Waals surface area contributed by atoms with E-state index < -0.39 is 10.0 Å². The Balaban J connectivity index is 1.81. The van der Waals surface area contributed by atoms with E-state index in [1.165, 1.54) is 31.2 Å². The molecule has 7 heteroatoms. The second kappa shape index (κ2) is 5.64. The molecule has 1 heterocycles. The molecule has 0 spiro atoms. The van der Waals surface area contributed by atoms with Gasteiger partial charge in [0.2, 0.25) is 10.0 Å². The lowest BCUT2D eigenvalue weighted by molar-refractivity contribution is 0.129. The van der Waals surface area contributed by atoms with Gasteiger partial charge in [-0.05, 0) is 30.9 Å². The Hall–Kier alpha value is -1.18. The number of nitrogens with two attached hydrogens (primary N) is 1. The third-order valence-electron chi connectivity index (χ3n) is 2.68. The van der Waals surface area contributed by atoms with E-state index in [9.17, 15) is 8.42 Å². The second-order valence-electron chi connectivity index (χ2n) is 4.30. The maximum atomic E-state index is 11.9. The number of rotatable bonds is 7. The molecule has 0 saturated heterocycles. The van der Waals surface area contributed by atoms with Crippen molar-refractivity contribution in [2.45, 2.75) is 17.7 Å². The van der Waals surface area contributed by atoms with E-state index in [2.05, 4.69) is 9.71 Å². The zero-order chi connectivity index (χ0) is 13.0. The number of hydrogen-bond acceptors (Lipinski definition) is 5. The van der Waals surface area contributed by atoms with Crippen LogP contribution in [-0.4, -0.2) is 33.2 Å². The third kappa shape index (κ3) is 3.66. The monoisotopic (exact) mass is 271 g/mol. The van der Waals surface area contributed by atoms with Crippen LogP contribution in [0.15, 0.2) is 23.2 Å². The Bertz CT molecular complexity index is 500. The lowest BCUT2D eigenvalue weighted by atomic mass is 10.5. The number of nitrogen functional groups attached to an aromatic ring is 1.